The van der Waals surface area contributed by atoms with Gasteiger partial charge < -0.3 is 21.7 Å². The van der Waals surface area contributed by atoms with Crippen molar-refractivity contribution in [2.75, 3.05) is 18.6 Å². The Morgan fingerprint density at radius 3 is 1.91 bits per heavy atom. The van der Waals surface area contributed by atoms with E-state index in [-0.39, 0.29) is 55.1 Å². The second-order valence-electron chi connectivity index (χ2n) is 13.5. The smallest absolute Gasteiger partial charge is 0.249 e. The third kappa shape index (κ3) is 9.59. The maximum Gasteiger partial charge on any atom is 0.249 e. The predicted octanol–water partition coefficient (Wildman–Crippen LogP) is 3.47. The fourth-order valence-electron chi connectivity index (χ4n) is 8.21. The van der Waals surface area contributed by atoms with Crippen molar-refractivity contribution in [2.45, 2.75) is 82.0 Å². The molecular weight excluding hydrogens is 634 g/mol. The first kappa shape index (κ1) is 36.9. The van der Waals surface area contributed by atoms with E-state index >= 15 is 0 Å². The lowest BCUT2D eigenvalue weighted by Gasteiger charge is -2.58. The highest BCUT2D eigenvalue weighted by Gasteiger charge is 2.53. The zero-order chi connectivity index (χ0) is 32.6. The number of hydrogen-bond acceptors (Lipinski definition) is 7. The standard InChI is InChI=1S/C36H49N5O4S.ClH/c1-46-15-14-30(38)34(43)39-22-32(42)41(33-27-17-25-16-26(19-27)20-28(33)18-25)31(21-24-10-6-3-7-11-24)36(45)40-35(44)29(37)13-12-23-8-4-2-5-9-23;/h2-11,25-31,33H,12-22,37-38H2,1H3,(H,39,43)(H,40,44,45);1H/t25?,26?,27?,28?,29?,30-,31+,33?;/m1./s1. The number of nitrogens with zero attached hydrogens (tertiary/aromatic N) is 1. The van der Waals surface area contributed by atoms with Crippen LogP contribution in [0.1, 0.15) is 56.1 Å². The van der Waals surface area contributed by atoms with E-state index in [1.807, 2.05) is 66.9 Å². The number of thioether (sulfide) groups is 1. The van der Waals surface area contributed by atoms with E-state index in [1.165, 1.54) is 6.42 Å². The van der Waals surface area contributed by atoms with Gasteiger partial charge in [-0.1, -0.05) is 60.7 Å². The molecule has 6 rings (SSSR count). The molecule has 256 valence electrons. The van der Waals surface area contributed by atoms with E-state index in [4.69, 9.17) is 11.5 Å². The van der Waals surface area contributed by atoms with Crippen molar-refractivity contribution < 1.29 is 19.2 Å². The molecule has 4 fully saturated rings. The molecule has 1 unspecified atom stereocenters. The number of rotatable bonds is 15. The van der Waals surface area contributed by atoms with Crippen LogP contribution in [0.5, 0.6) is 0 Å². The second-order valence-corrected chi connectivity index (χ2v) is 14.5. The van der Waals surface area contributed by atoms with Crippen molar-refractivity contribution in [2.24, 2.45) is 35.1 Å². The summed E-state index contributed by atoms with van der Waals surface area (Å²) in [4.78, 5) is 56.3. The Bertz CT molecular complexity index is 1320. The van der Waals surface area contributed by atoms with E-state index in [1.54, 1.807) is 16.7 Å². The molecule has 4 amide bonds. The van der Waals surface area contributed by atoms with Crippen LogP contribution in [-0.2, 0) is 32.0 Å². The van der Waals surface area contributed by atoms with Crippen LogP contribution in [0.4, 0.5) is 0 Å². The molecule has 2 aromatic carbocycles. The van der Waals surface area contributed by atoms with Gasteiger partial charge in [0.2, 0.25) is 23.6 Å². The van der Waals surface area contributed by atoms with Crippen molar-refractivity contribution in [3.63, 3.8) is 0 Å². The Morgan fingerprint density at radius 1 is 0.787 bits per heavy atom. The van der Waals surface area contributed by atoms with Gasteiger partial charge >= 0.3 is 0 Å². The fourth-order valence-corrected chi connectivity index (χ4v) is 8.70. The zero-order valence-corrected chi connectivity index (χ0v) is 28.9. The molecule has 0 spiro atoms. The molecule has 0 radical (unpaired) electrons. The molecule has 0 aliphatic heterocycles. The van der Waals surface area contributed by atoms with Crippen LogP contribution in [0.15, 0.2) is 60.7 Å². The van der Waals surface area contributed by atoms with E-state index in [2.05, 4.69) is 10.6 Å². The number of benzene rings is 2. The molecule has 6 N–H and O–H groups in total. The van der Waals surface area contributed by atoms with Crippen LogP contribution in [0.2, 0.25) is 0 Å². The van der Waals surface area contributed by atoms with Crippen molar-refractivity contribution in [1.29, 1.82) is 0 Å². The summed E-state index contributed by atoms with van der Waals surface area (Å²) in [5.41, 5.74) is 14.3. The molecule has 0 heterocycles. The van der Waals surface area contributed by atoms with Gasteiger partial charge in [0.25, 0.3) is 0 Å². The molecule has 0 aromatic heterocycles. The minimum Gasteiger partial charge on any atom is -0.346 e. The highest BCUT2D eigenvalue weighted by atomic mass is 35.5. The molecule has 47 heavy (non-hydrogen) atoms. The normalized spacial score (nSPS) is 24.4. The third-order valence-corrected chi connectivity index (χ3v) is 10.9. The number of carbonyl (C=O) groups excluding carboxylic acids is 4. The number of nitrogens with two attached hydrogens (primary N) is 2. The summed E-state index contributed by atoms with van der Waals surface area (Å²) in [6.45, 7) is -0.252. The summed E-state index contributed by atoms with van der Waals surface area (Å²) >= 11 is 1.61. The van der Waals surface area contributed by atoms with Crippen molar-refractivity contribution in [3.05, 3.63) is 71.8 Å². The Kier molecular flexibility index (Phi) is 13.7. The Hall–Kier alpha value is -2.92. The van der Waals surface area contributed by atoms with Gasteiger partial charge in [-0.25, -0.2) is 0 Å². The minimum atomic E-state index is -0.940. The van der Waals surface area contributed by atoms with Gasteiger partial charge in [-0.15, -0.1) is 12.4 Å². The molecule has 4 bridgehead atoms. The summed E-state index contributed by atoms with van der Waals surface area (Å²) in [5, 5.41) is 5.35. The first-order valence-electron chi connectivity index (χ1n) is 16.7. The van der Waals surface area contributed by atoms with Gasteiger partial charge in [0.15, 0.2) is 0 Å². The van der Waals surface area contributed by atoms with E-state index in [0.717, 1.165) is 42.6 Å². The van der Waals surface area contributed by atoms with E-state index < -0.39 is 29.9 Å². The van der Waals surface area contributed by atoms with Crippen LogP contribution in [-0.4, -0.2) is 71.2 Å². The lowest BCUT2D eigenvalue weighted by molar-refractivity contribution is -0.155. The molecule has 4 saturated carbocycles. The van der Waals surface area contributed by atoms with Crippen LogP contribution in [0, 0.1) is 23.7 Å². The van der Waals surface area contributed by atoms with Crippen molar-refractivity contribution in [1.82, 2.24) is 15.5 Å². The van der Waals surface area contributed by atoms with Gasteiger partial charge in [-0.2, -0.15) is 11.8 Å². The van der Waals surface area contributed by atoms with Gasteiger partial charge in [0.05, 0.1) is 18.6 Å². The van der Waals surface area contributed by atoms with Gasteiger partial charge in [0, 0.05) is 12.5 Å². The zero-order valence-electron chi connectivity index (χ0n) is 27.2. The van der Waals surface area contributed by atoms with E-state index in [0.29, 0.717) is 31.1 Å². The molecule has 0 saturated heterocycles. The SMILES string of the molecule is CSCC[C@@H](N)C(=O)NCC(=O)N(C1C2CC3CC(C2)CC1C3)[C@@H](Cc1ccccc1)C(=O)NC(=O)C(N)CCc1ccccc1.Cl. The lowest BCUT2D eigenvalue weighted by Crippen LogP contribution is -2.65. The molecule has 9 nitrogen and oxygen atoms in total. The molecule has 4 aliphatic carbocycles. The van der Waals surface area contributed by atoms with Crippen molar-refractivity contribution in [3.8, 4) is 0 Å². The van der Waals surface area contributed by atoms with Gasteiger partial charge in [-0.05, 0) is 98.2 Å². The molecule has 2 aromatic rings. The van der Waals surface area contributed by atoms with Gasteiger partial charge in [0.1, 0.15) is 6.04 Å². The largest absolute Gasteiger partial charge is 0.346 e. The number of imide groups is 1. The number of carbonyl (C=O) groups is 4. The summed E-state index contributed by atoms with van der Waals surface area (Å²) < 4.78 is 0. The van der Waals surface area contributed by atoms with Gasteiger partial charge in [-0.3, -0.25) is 24.5 Å². The maximum absolute atomic E-state index is 14.3. The second kappa shape index (κ2) is 17.5. The summed E-state index contributed by atoms with van der Waals surface area (Å²) in [6.07, 6.45) is 9.10. The summed E-state index contributed by atoms with van der Waals surface area (Å²) in [6, 6.07) is 16.7. The number of amides is 4. The number of nitrogens with one attached hydrogen (secondary N) is 2. The Labute approximate surface area is 289 Å². The Balaban J connectivity index is 0.00000500. The average Bonchev–Trinajstić information content (AvgIpc) is 3.06. The quantitative estimate of drug-likeness (QED) is 0.225. The molecular formula is C36H50ClN5O4S. The average molecular weight is 684 g/mol. The Morgan fingerprint density at radius 2 is 1.34 bits per heavy atom. The number of hydrogen-bond donors (Lipinski definition) is 4. The van der Waals surface area contributed by atoms with Crippen LogP contribution in [0.25, 0.3) is 0 Å². The maximum atomic E-state index is 14.3. The molecule has 11 heteroatoms. The number of halogens is 1. The highest BCUT2D eigenvalue weighted by molar-refractivity contribution is 7.98. The topological polar surface area (TPSA) is 148 Å². The third-order valence-electron chi connectivity index (χ3n) is 10.3. The minimum absolute atomic E-state index is 0. The lowest BCUT2D eigenvalue weighted by atomic mass is 9.53. The highest BCUT2D eigenvalue weighted by Crippen LogP contribution is 2.55. The van der Waals surface area contributed by atoms with Crippen LogP contribution >= 0.6 is 24.2 Å². The monoisotopic (exact) mass is 683 g/mol. The predicted molar refractivity (Wildman–Crippen MR) is 189 cm³/mol. The summed E-state index contributed by atoms with van der Waals surface area (Å²) in [5.74, 6) is 0.855. The van der Waals surface area contributed by atoms with Crippen LogP contribution in [0.3, 0.4) is 0 Å². The van der Waals surface area contributed by atoms with E-state index in [9.17, 15) is 19.2 Å². The van der Waals surface area contributed by atoms with Crippen molar-refractivity contribution >= 4 is 47.8 Å². The summed E-state index contributed by atoms with van der Waals surface area (Å²) in [7, 11) is 0. The molecule has 3 atom stereocenters. The fraction of sp³-hybridized carbons (Fsp3) is 0.556. The molecule has 4 aliphatic rings. The van der Waals surface area contributed by atoms with Crippen LogP contribution < -0.4 is 22.1 Å². The first-order chi connectivity index (χ1) is 22.2. The number of aryl methyl sites for hydroxylation is 1. The first-order valence-corrected chi connectivity index (χ1v) is 18.1.